The summed E-state index contributed by atoms with van der Waals surface area (Å²) in [6.07, 6.45) is 4.33. The number of fused-ring (bicyclic) bond motifs is 1. The Morgan fingerprint density at radius 1 is 1.06 bits per heavy atom. The van der Waals surface area contributed by atoms with Crippen molar-refractivity contribution in [3.8, 4) is 28.4 Å². The molecule has 0 aliphatic carbocycles. The summed E-state index contributed by atoms with van der Waals surface area (Å²) in [6, 6.07) is 17.3. The number of aromatic nitrogens is 4. The van der Waals surface area contributed by atoms with Crippen molar-refractivity contribution >= 4 is 5.91 Å². The average molecular weight is 427 g/mol. The molecule has 2 aromatic heterocycles. The van der Waals surface area contributed by atoms with Crippen LogP contribution >= 0.6 is 0 Å². The van der Waals surface area contributed by atoms with Crippen molar-refractivity contribution in [3.05, 3.63) is 83.8 Å². The molecular formula is C24H21N5O3. The largest absolute Gasteiger partial charge is 0.454 e. The number of hydrogen-bond donors (Lipinski definition) is 1. The van der Waals surface area contributed by atoms with Gasteiger partial charge < -0.3 is 14.8 Å². The van der Waals surface area contributed by atoms with Crippen molar-refractivity contribution in [2.45, 2.75) is 19.9 Å². The van der Waals surface area contributed by atoms with Crippen LogP contribution in [0.25, 0.3) is 16.9 Å². The number of amides is 1. The Morgan fingerprint density at radius 3 is 2.66 bits per heavy atom. The molecule has 1 N–H and O–H groups in total. The summed E-state index contributed by atoms with van der Waals surface area (Å²) in [5, 5.41) is 11.4. The van der Waals surface area contributed by atoms with Gasteiger partial charge in [0.1, 0.15) is 5.69 Å². The van der Waals surface area contributed by atoms with E-state index in [1.807, 2.05) is 54.6 Å². The lowest BCUT2D eigenvalue weighted by Crippen LogP contribution is -2.24. The summed E-state index contributed by atoms with van der Waals surface area (Å²) >= 11 is 0. The highest BCUT2D eigenvalue weighted by atomic mass is 16.7. The van der Waals surface area contributed by atoms with E-state index in [0.717, 1.165) is 23.2 Å². The highest BCUT2D eigenvalue weighted by molar-refractivity contribution is 5.98. The number of carbonyl (C=O) groups is 1. The molecule has 0 radical (unpaired) electrons. The van der Waals surface area contributed by atoms with Crippen molar-refractivity contribution in [2.75, 3.05) is 6.79 Å². The summed E-state index contributed by atoms with van der Waals surface area (Å²) in [5.41, 5.74) is 4.52. The number of nitrogens with zero attached hydrogens (tertiary/aromatic N) is 4. The lowest BCUT2D eigenvalue weighted by Gasteiger charge is -2.09. The zero-order valence-corrected chi connectivity index (χ0v) is 17.5. The van der Waals surface area contributed by atoms with Crippen molar-refractivity contribution in [1.29, 1.82) is 0 Å². The van der Waals surface area contributed by atoms with Gasteiger partial charge in [0.2, 0.25) is 6.79 Å². The first-order valence-corrected chi connectivity index (χ1v) is 10.3. The summed E-state index contributed by atoms with van der Waals surface area (Å²) in [5.74, 6) is 1.06. The third kappa shape index (κ3) is 3.78. The molecule has 0 fully saturated rings. The van der Waals surface area contributed by atoms with Crippen LogP contribution in [-0.4, -0.2) is 32.7 Å². The predicted octanol–water partition coefficient (Wildman–Crippen LogP) is 3.55. The van der Waals surface area contributed by atoms with E-state index >= 15 is 0 Å². The van der Waals surface area contributed by atoms with E-state index in [4.69, 9.17) is 9.47 Å². The predicted molar refractivity (Wildman–Crippen MR) is 118 cm³/mol. The highest BCUT2D eigenvalue weighted by Gasteiger charge is 2.22. The average Bonchev–Trinajstić information content (AvgIpc) is 3.50. The van der Waals surface area contributed by atoms with Gasteiger partial charge in [0.15, 0.2) is 17.2 Å². The first-order valence-electron chi connectivity index (χ1n) is 10.3. The summed E-state index contributed by atoms with van der Waals surface area (Å²) in [7, 11) is 0. The number of hydrogen-bond acceptors (Lipinski definition) is 6. The SMILES string of the molecule is CCc1ccc(-n2nnc(C(=O)NCc3ccc4c(c3)OCO4)c2-c2cccnc2)cc1. The van der Waals surface area contributed by atoms with Crippen LogP contribution in [-0.2, 0) is 13.0 Å². The Bertz CT molecular complexity index is 1250. The minimum Gasteiger partial charge on any atom is -0.454 e. The number of rotatable bonds is 6. The number of aryl methyl sites for hydroxylation is 1. The fraction of sp³-hybridized carbons (Fsp3) is 0.167. The van der Waals surface area contributed by atoms with Gasteiger partial charge in [0, 0.05) is 24.5 Å². The first-order chi connectivity index (χ1) is 15.7. The number of carbonyl (C=O) groups excluding carboxylic acids is 1. The molecular weight excluding hydrogens is 406 g/mol. The Morgan fingerprint density at radius 2 is 1.88 bits per heavy atom. The van der Waals surface area contributed by atoms with Crippen LogP contribution in [0.15, 0.2) is 67.0 Å². The standard InChI is InChI=1S/C24H21N5O3/c1-2-16-5-8-19(9-6-16)29-23(18-4-3-11-25-14-18)22(27-28-29)24(30)26-13-17-7-10-20-21(12-17)32-15-31-20/h3-12,14H,2,13,15H2,1H3,(H,26,30). The monoisotopic (exact) mass is 427 g/mol. The second-order valence-corrected chi connectivity index (χ2v) is 7.33. The topological polar surface area (TPSA) is 91.2 Å². The van der Waals surface area contributed by atoms with Crippen LogP contribution in [0.5, 0.6) is 11.5 Å². The van der Waals surface area contributed by atoms with E-state index in [9.17, 15) is 4.79 Å². The second-order valence-electron chi connectivity index (χ2n) is 7.33. The minimum absolute atomic E-state index is 0.210. The van der Waals surface area contributed by atoms with Crippen molar-refractivity contribution in [2.24, 2.45) is 0 Å². The van der Waals surface area contributed by atoms with Crippen LogP contribution in [0.1, 0.15) is 28.5 Å². The molecule has 4 aromatic rings. The molecule has 0 spiro atoms. The number of pyridine rings is 1. The van der Waals surface area contributed by atoms with E-state index in [0.29, 0.717) is 23.7 Å². The van der Waals surface area contributed by atoms with Crippen LogP contribution in [0.2, 0.25) is 0 Å². The van der Waals surface area contributed by atoms with Gasteiger partial charge in [0.05, 0.1) is 5.69 Å². The zero-order valence-electron chi connectivity index (χ0n) is 17.5. The van der Waals surface area contributed by atoms with Crippen LogP contribution in [0.3, 0.4) is 0 Å². The van der Waals surface area contributed by atoms with E-state index in [2.05, 4.69) is 27.5 Å². The van der Waals surface area contributed by atoms with Crippen LogP contribution in [0, 0.1) is 0 Å². The molecule has 1 aliphatic heterocycles. The molecule has 0 atom stereocenters. The maximum atomic E-state index is 13.1. The Hall–Kier alpha value is -4.20. The maximum absolute atomic E-state index is 13.1. The van der Waals surface area contributed by atoms with Gasteiger partial charge in [-0.1, -0.05) is 30.3 Å². The van der Waals surface area contributed by atoms with Gasteiger partial charge in [-0.25, -0.2) is 4.68 Å². The number of ether oxygens (including phenoxy) is 2. The van der Waals surface area contributed by atoms with Crippen molar-refractivity contribution in [1.82, 2.24) is 25.3 Å². The lowest BCUT2D eigenvalue weighted by atomic mass is 10.1. The van der Waals surface area contributed by atoms with Gasteiger partial charge in [0.25, 0.3) is 5.91 Å². The highest BCUT2D eigenvalue weighted by Crippen LogP contribution is 2.32. The molecule has 1 aliphatic rings. The smallest absolute Gasteiger partial charge is 0.274 e. The molecule has 0 saturated heterocycles. The molecule has 8 heteroatoms. The quantitative estimate of drug-likeness (QED) is 0.506. The number of benzene rings is 2. The Balaban J connectivity index is 1.45. The molecule has 0 bridgehead atoms. The van der Waals surface area contributed by atoms with Gasteiger partial charge in [-0.3, -0.25) is 9.78 Å². The van der Waals surface area contributed by atoms with Crippen molar-refractivity contribution in [3.63, 3.8) is 0 Å². The molecule has 5 rings (SSSR count). The van der Waals surface area contributed by atoms with E-state index in [1.165, 1.54) is 5.56 Å². The van der Waals surface area contributed by atoms with E-state index < -0.39 is 0 Å². The second kappa shape index (κ2) is 8.50. The Kier molecular flexibility index (Phi) is 5.25. The fourth-order valence-corrected chi connectivity index (χ4v) is 3.57. The molecule has 160 valence electrons. The molecule has 3 heterocycles. The Labute approximate surface area is 184 Å². The van der Waals surface area contributed by atoms with Crippen LogP contribution < -0.4 is 14.8 Å². The molecule has 0 unspecified atom stereocenters. The lowest BCUT2D eigenvalue weighted by molar-refractivity contribution is 0.0946. The summed E-state index contributed by atoms with van der Waals surface area (Å²) < 4.78 is 12.4. The molecule has 32 heavy (non-hydrogen) atoms. The molecule has 8 nitrogen and oxygen atoms in total. The van der Waals surface area contributed by atoms with E-state index in [-0.39, 0.29) is 18.4 Å². The first kappa shape index (κ1) is 19.7. The normalized spacial score (nSPS) is 12.0. The van der Waals surface area contributed by atoms with Gasteiger partial charge in [-0.2, -0.15) is 0 Å². The van der Waals surface area contributed by atoms with Gasteiger partial charge in [-0.15, -0.1) is 5.10 Å². The summed E-state index contributed by atoms with van der Waals surface area (Å²) in [4.78, 5) is 17.3. The van der Waals surface area contributed by atoms with Gasteiger partial charge in [-0.05, 0) is 53.9 Å². The molecule has 2 aromatic carbocycles. The van der Waals surface area contributed by atoms with Crippen LogP contribution in [0.4, 0.5) is 0 Å². The summed E-state index contributed by atoms with van der Waals surface area (Å²) in [6.45, 7) is 2.64. The molecule has 0 saturated carbocycles. The third-order valence-corrected chi connectivity index (χ3v) is 5.30. The maximum Gasteiger partial charge on any atom is 0.274 e. The zero-order chi connectivity index (χ0) is 21.9. The van der Waals surface area contributed by atoms with E-state index in [1.54, 1.807) is 17.1 Å². The van der Waals surface area contributed by atoms with Crippen molar-refractivity contribution < 1.29 is 14.3 Å². The third-order valence-electron chi connectivity index (χ3n) is 5.30. The fourth-order valence-electron chi connectivity index (χ4n) is 3.57. The van der Waals surface area contributed by atoms with Gasteiger partial charge >= 0.3 is 0 Å². The minimum atomic E-state index is -0.321. The molecule has 1 amide bonds. The number of nitrogens with one attached hydrogen (secondary N) is 1.